The fourth-order valence-electron chi connectivity index (χ4n) is 6.50. The third kappa shape index (κ3) is 6.78. The molecule has 1 aromatic heterocycles. The third-order valence-corrected chi connectivity index (χ3v) is 10.6. The Bertz CT molecular complexity index is 1960. The fraction of sp³-hybridized carbons (Fsp3) is 0.351. The normalized spacial score (nSPS) is 15.6. The zero-order valence-corrected chi connectivity index (χ0v) is 28.4. The van der Waals surface area contributed by atoms with Crippen molar-refractivity contribution < 1.29 is 22.5 Å². The van der Waals surface area contributed by atoms with Crippen LogP contribution in [-0.4, -0.2) is 41.7 Å². The lowest BCUT2D eigenvalue weighted by atomic mass is 9.97. The minimum absolute atomic E-state index is 0.0108. The molecule has 0 saturated heterocycles. The molecule has 0 atom stereocenters. The standard InChI is InChI=1S/C37H41N5O5S/c1-4-5-17-33-39-37(20-11-12-21-37)36(44)42(33)24-28-18-19-29(31(22-28)38-34(43)23-27-13-7-6-8-14-27)30-15-9-10-16-32(30)48(45,46)41-35-25(2)26(3)40-47-35/h6-10,13-16,18-19,22,41H,4-5,11-12,17,20-21,23-24H2,1-3H3,(H,38,43). The summed E-state index contributed by atoms with van der Waals surface area (Å²) in [5.74, 6) is 0.663. The Labute approximate surface area is 281 Å². The van der Waals surface area contributed by atoms with Crippen LogP contribution >= 0.6 is 0 Å². The summed E-state index contributed by atoms with van der Waals surface area (Å²) in [6.45, 7) is 5.89. The zero-order valence-electron chi connectivity index (χ0n) is 27.6. The predicted octanol–water partition coefficient (Wildman–Crippen LogP) is 7.18. The number of unbranched alkanes of at least 4 members (excludes halogenated alkanes) is 1. The highest BCUT2D eigenvalue weighted by Gasteiger charge is 2.49. The second-order valence-electron chi connectivity index (χ2n) is 12.7. The summed E-state index contributed by atoms with van der Waals surface area (Å²) in [7, 11) is -4.13. The Morgan fingerprint density at radius 2 is 1.69 bits per heavy atom. The molecule has 1 spiro atoms. The van der Waals surface area contributed by atoms with Crippen molar-refractivity contribution >= 4 is 39.2 Å². The van der Waals surface area contributed by atoms with Gasteiger partial charge in [-0.15, -0.1) is 0 Å². The predicted molar refractivity (Wildman–Crippen MR) is 186 cm³/mol. The van der Waals surface area contributed by atoms with E-state index in [9.17, 15) is 18.0 Å². The van der Waals surface area contributed by atoms with Crippen LogP contribution in [0.3, 0.4) is 0 Å². The van der Waals surface area contributed by atoms with Crippen LogP contribution < -0.4 is 10.0 Å². The molecule has 0 unspecified atom stereocenters. The maximum atomic E-state index is 13.8. The molecule has 2 N–H and O–H groups in total. The second kappa shape index (κ2) is 13.8. The average Bonchev–Trinajstić information content (AvgIpc) is 3.75. The van der Waals surface area contributed by atoms with Gasteiger partial charge in [0.05, 0.1) is 23.6 Å². The molecule has 2 amide bonds. The zero-order chi connectivity index (χ0) is 33.9. The molecule has 48 heavy (non-hydrogen) atoms. The van der Waals surface area contributed by atoms with E-state index in [0.717, 1.165) is 61.9 Å². The number of anilines is 2. The Hall–Kier alpha value is -4.77. The van der Waals surface area contributed by atoms with Gasteiger partial charge >= 0.3 is 0 Å². The van der Waals surface area contributed by atoms with Crippen LogP contribution in [0.1, 0.15) is 74.3 Å². The van der Waals surface area contributed by atoms with Gasteiger partial charge in [-0.3, -0.25) is 19.5 Å². The Kier molecular flexibility index (Phi) is 9.50. The molecule has 1 fully saturated rings. The molecule has 11 heteroatoms. The van der Waals surface area contributed by atoms with Gasteiger partial charge in [0, 0.05) is 28.8 Å². The number of sulfonamides is 1. The molecule has 1 aliphatic carbocycles. The van der Waals surface area contributed by atoms with E-state index >= 15 is 0 Å². The molecular formula is C37H41N5O5S. The fourth-order valence-corrected chi connectivity index (χ4v) is 7.76. The van der Waals surface area contributed by atoms with Crippen LogP contribution in [-0.2, 0) is 32.6 Å². The SMILES string of the molecule is CCCCC1=NC2(CCCC2)C(=O)N1Cc1ccc(-c2ccccc2S(=O)(=O)Nc2onc(C)c2C)c(NC(=O)Cc2ccccc2)c1. The molecule has 10 nitrogen and oxygen atoms in total. The van der Waals surface area contributed by atoms with E-state index in [4.69, 9.17) is 9.52 Å². The number of amides is 2. The molecular weight excluding hydrogens is 627 g/mol. The van der Waals surface area contributed by atoms with Gasteiger partial charge in [0.25, 0.3) is 15.9 Å². The number of aliphatic imine (C=N–C) groups is 1. The van der Waals surface area contributed by atoms with Gasteiger partial charge in [0.1, 0.15) is 11.4 Å². The summed E-state index contributed by atoms with van der Waals surface area (Å²) >= 11 is 0. The molecule has 0 bridgehead atoms. The molecule has 4 aromatic rings. The minimum atomic E-state index is -4.13. The number of carbonyl (C=O) groups excluding carboxylic acids is 2. The first-order valence-electron chi connectivity index (χ1n) is 16.5. The lowest BCUT2D eigenvalue weighted by molar-refractivity contribution is -0.131. The van der Waals surface area contributed by atoms with Gasteiger partial charge < -0.3 is 9.84 Å². The molecule has 6 rings (SSSR count). The van der Waals surface area contributed by atoms with E-state index in [1.165, 1.54) is 6.07 Å². The van der Waals surface area contributed by atoms with Crippen molar-refractivity contribution in [1.82, 2.24) is 10.1 Å². The Morgan fingerprint density at radius 1 is 0.958 bits per heavy atom. The summed E-state index contributed by atoms with van der Waals surface area (Å²) < 4.78 is 35.3. The number of benzene rings is 3. The summed E-state index contributed by atoms with van der Waals surface area (Å²) in [6.07, 6.45) is 6.31. The van der Waals surface area contributed by atoms with Gasteiger partial charge in [0.2, 0.25) is 11.8 Å². The first-order valence-corrected chi connectivity index (χ1v) is 18.0. The van der Waals surface area contributed by atoms with Crippen LogP contribution in [0.5, 0.6) is 0 Å². The van der Waals surface area contributed by atoms with Gasteiger partial charge in [-0.05, 0) is 56.4 Å². The van der Waals surface area contributed by atoms with Gasteiger partial charge in [-0.1, -0.05) is 92.0 Å². The van der Waals surface area contributed by atoms with Crippen molar-refractivity contribution in [1.29, 1.82) is 0 Å². The maximum Gasteiger partial charge on any atom is 0.264 e. The quantitative estimate of drug-likeness (QED) is 0.164. The number of amidine groups is 1. The number of hydrogen-bond donors (Lipinski definition) is 2. The highest BCUT2D eigenvalue weighted by atomic mass is 32.2. The van der Waals surface area contributed by atoms with E-state index in [0.29, 0.717) is 34.6 Å². The van der Waals surface area contributed by atoms with Gasteiger partial charge in [-0.2, -0.15) is 0 Å². The summed E-state index contributed by atoms with van der Waals surface area (Å²) in [6, 6.07) is 21.6. The van der Waals surface area contributed by atoms with E-state index in [1.54, 1.807) is 38.1 Å². The molecule has 2 aliphatic rings. The van der Waals surface area contributed by atoms with Crippen molar-refractivity contribution in [3.05, 3.63) is 95.2 Å². The number of hydrogen-bond acceptors (Lipinski definition) is 7. The molecule has 1 aliphatic heterocycles. The molecule has 0 radical (unpaired) electrons. The average molecular weight is 668 g/mol. The highest BCUT2D eigenvalue weighted by Crippen LogP contribution is 2.41. The third-order valence-electron chi connectivity index (χ3n) is 9.24. The van der Waals surface area contributed by atoms with Crippen LogP contribution in [0.2, 0.25) is 0 Å². The van der Waals surface area contributed by atoms with Crippen molar-refractivity contribution in [3.8, 4) is 11.1 Å². The first-order chi connectivity index (χ1) is 23.1. The Morgan fingerprint density at radius 3 is 2.40 bits per heavy atom. The number of aryl methyl sites for hydroxylation is 1. The maximum absolute atomic E-state index is 13.8. The van der Waals surface area contributed by atoms with Crippen molar-refractivity contribution in [3.63, 3.8) is 0 Å². The van der Waals surface area contributed by atoms with E-state index in [1.807, 2.05) is 47.4 Å². The van der Waals surface area contributed by atoms with Crippen LogP contribution in [0, 0.1) is 13.8 Å². The van der Waals surface area contributed by atoms with Crippen molar-refractivity contribution in [2.24, 2.45) is 4.99 Å². The molecule has 1 saturated carbocycles. The highest BCUT2D eigenvalue weighted by molar-refractivity contribution is 7.92. The number of nitrogens with zero attached hydrogens (tertiary/aromatic N) is 3. The largest absolute Gasteiger partial charge is 0.337 e. The Balaban J connectivity index is 1.37. The van der Waals surface area contributed by atoms with Gasteiger partial charge in [-0.25, -0.2) is 13.1 Å². The molecule has 2 heterocycles. The minimum Gasteiger partial charge on any atom is -0.337 e. The number of rotatable bonds is 12. The second-order valence-corrected chi connectivity index (χ2v) is 14.3. The van der Waals surface area contributed by atoms with Crippen molar-refractivity contribution in [2.45, 2.75) is 89.1 Å². The monoisotopic (exact) mass is 667 g/mol. The first kappa shape index (κ1) is 33.1. The number of nitrogens with one attached hydrogen (secondary N) is 2. The lowest BCUT2D eigenvalue weighted by Crippen LogP contribution is -2.40. The number of aromatic nitrogens is 1. The lowest BCUT2D eigenvalue weighted by Gasteiger charge is -2.23. The van der Waals surface area contributed by atoms with E-state index in [-0.39, 0.29) is 29.0 Å². The van der Waals surface area contributed by atoms with E-state index in [2.05, 4.69) is 22.1 Å². The van der Waals surface area contributed by atoms with Gasteiger partial charge in [0.15, 0.2) is 0 Å². The van der Waals surface area contributed by atoms with Crippen LogP contribution in [0.25, 0.3) is 11.1 Å². The van der Waals surface area contributed by atoms with E-state index < -0.39 is 15.6 Å². The van der Waals surface area contributed by atoms with Crippen LogP contribution in [0.15, 0.2) is 87.2 Å². The smallest absolute Gasteiger partial charge is 0.264 e. The number of carbonyl (C=O) groups is 2. The molecule has 3 aromatic carbocycles. The molecule has 250 valence electrons. The topological polar surface area (TPSA) is 134 Å². The summed E-state index contributed by atoms with van der Waals surface area (Å²) in [5.41, 5.74) is 3.52. The summed E-state index contributed by atoms with van der Waals surface area (Å²) in [5, 5.41) is 6.92. The summed E-state index contributed by atoms with van der Waals surface area (Å²) in [4.78, 5) is 34.1. The van der Waals surface area contributed by atoms with Crippen molar-refractivity contribution in [2.75, 3.05) is 10.0 Å². The van der Waals surface area contributed by atoms with Crippen LogP contribution in [0.4, 0.5) is 11.6 Å².